The van der Waals surface area contributed by atoms with E-state index in [9.17, 15) is 14.0 Å². The molecule has 6 heteroatoms. The summed E-state index contributed by atoms with van der Waals surface area (Å²) in [5.41, 5.74) is -0.156. The SMILES string of the molecule is O=C(O)CC1(NC(=O)Cc2ccc(F)cc2)CCOC1. The minimum absolute atomic E-state index is 0.0850. The first-order valence-corrected chi connectivity index (χ1v) is 6.34. The molecular formula is C14H16FNO4. The first-order valence-electron chi connectivity index (χ1n) is 6.34. The summed E-state index contributed by atoms with van der Waals surface area (Å²) in [7, 11) is 0. The fourth-order valence-electron chi connectivity index (χ4n) is 2.31. The number of rotatable bonds is 5. The molecule has 1 heterocycles. The van der Waals surface area contributed by atoms with Gasteiger partial charge in [0.1, 0.15) is 5.82 Å². The topological polar surface area (TPSA) is 75.6 Å². The highest BCUT2D eigenvalue weighted by atomic mass is 19.1. The molecule has 1 aliphatic heterocycles. The second kappa shape index (κ2) is 6.00. The largest absolute Gasteiger partial charge is 0.481 e. The molecule has 0 spiro atoms. The van der Waals surface area contributed by atoms with E-state index in [4.69, 9.17) is 9.84 Å². The third-order valence-electron chi connectivity index (χ3n) is 3.28. The zero-order valence-electron chi connectivity index (χ0n) is 10.9. The maximum absolute atomic E-state index is 12.8. The van der Waals surface area contributed by atoms with Crippen LogP contribution >= 0.6 is 0 Å². The van der Waals surface area contributed by atoms with Crippen LogP contribution in [0.1, 0.15) is 18.4 Å². The van der Waals surface area contributed by atoms with E-state index in [0.29, 0.717) is 18.6 Å². The Morgan fingerprint density at radius 3 is 2.60 bits per heavy atom. The third kappa shape index (κ3) is 3.77. The van der Waals surface area contributed by atoms with Crippen LogP contribution in [-0.4, -0.2) is 35.7 Å². The normalized spacial score (nSPS) is 21.6. The standard InChI is InChI=1S/C14H16FNO4/c15-11-3-1-10(2-4-11)7-12(17)16-14(8-13(18)19)5-6-20-9-14/h1-4H,5-9H2,(H,16,17)(H,18,19). The van der Waals surface area contributed by atoms with Crippen LogP contribution in [0, 0.1) is 5.82 Å². The summed E-state index contributed by atoms with van der Waals surface area (Å²) in [5, 5.41) is 11.7. The van der Waals surface area contributed by atoms with Gasteiger partial charge in [-0.15, -0.1) is 0 Å². The number of halogens is 1. The molecule has 108 valence electrons. The van der Waals surface area contributed by atoms with Crippen molar-refractivity contribution in [2.45, 2.75) is 24.8 Å². The summed E-state index contributed by atoms with van der Waals surface area (Å²) >= 11 is 0. The fraction of sp³-hybridized carbons (Fsp3) is 0.429. The molecule has 20 heavy (non-hydrogen) atoms. The molecule has 2 rings (SSSR count). The van der Waals surface area contributed by atoms with Crippen LogP contribution < -0.4 is 5.32 Å². The highest BCUT2D eigenvalue weighted by molar-refractivity contribution is 5.80. The number of ether oxygens (including phenoxy) is 1. The van der Waals surface area contributed by atoms with E-state index in [0.717, 1.165) is 0 Å². The number of carbonyl (C=O) groups excluding carboxylic acids is 1. The van der Waals surface area contributed by atoms with Crippen LogP contribution in [0.15, 0.2) is 24.3 Å². The van der Waals surface area contributed by atoms with Crippen LogP contribution in [0.25, 0.3) is 0 Å². The highest BCUT2D eigenvalue weighted by Gasteiger charge is 2.38. The molecule has 0 bridgehead atoms. The van der Waals surface area contributed by atoms with Gasteiger partial charge in [-0.05, 0) is 24.1 Å². The molecule has 1 amide bonds. The molecule has 0 saturated carbocycles. The molecule has 1 aromatic carbocycles. The third-order valence-corrected chi connectivity index (χ3v) is 3.28. The molecule has 0 radical (unpaired) electrons. The molecule has 5 nitrogen and oxygen atoms in total. The van der Waals surface area contributed by atoms with Crippen molar-refractivity contribution in [1.29, 1.82) is 0 Å². The number of carbonyl (C=O) groups is 2. The van der Waals surface area contributed by atoms with Gasteiger partial charge < -0.3 is 15.2 Å². The van der Waals surface area contributed by atoms with E-state index in [2.05, 4.69) is 5.32 Å². The second-order valence-corrected chi connectivity index (χ2v) is 5.00. The van der Waals surface area contributed by atoms with Crippen molar-refractivity contribution < 1.29 is 23.8 Å². The van der Waals surface area contributed by atoms with Crippen molar-refractivity contribution in [2.24, 2.45) is 0 Å². The van der Waals surface area contributed by atoms with E-state index < -0.39 is 11.5 Å². The average molecular weight is 281 g/mol. The summed E-state index contributed by atoms with van der Waals surface area (Å²) < 4.78 is 18.0. The highest BCUT2D eigenvalue weighted by Crippen LogP contribution is 2.23. The summed E-state index contributed by atoms with van der Waals surface area (Å²) in [4.78, 5) is 22.9. The molecule has 2 N–H and O–H groups in total. The Balaban J connectivity index is 1.98. The maximum atomic E-state index is 12.8. The van der Waals surface area contributed by atoms with E-state index in [-0.39, 0.29) is 31.2 Å². The number of carboxylic acid groups (broad SMARTS) is 1. The van der Waals surface area contributed by atoms with Gasteiger partial charge >= 0.3 is 5.97 Å². The smallest absolute Gasteiger partial charge is 0.305 e. The van der Waals surface area contributed by atoms with Crippen molar-refractivity contribution in [2.75, 3.05) is 13.2 Å². The molecule has 0 aliphatic carbocycles. The van der Waals surface area contributed by atoms with Crippen molar-refractivity contribution in [3.63, 3.8) is 0 Å². The molecule has 1 aromatic rings. The second-order valence-electron chi connectivity index (χ2n) is 5.00. The Hall–Kier alpha value is -1.95. The van der Waals surface area contributed by atoms with Gasteiger partial charge in [0.15, 0.2) is 0 Å². The fourth-order valence-corrected chi connectivity index (χ4v) is 2.31. The molecule has 1 fully saturated rings. The van der Waals surface area contributed by atoms with E-state index in [1.807, 2.05) is 0 Å². The lowest BCUT2D eigenvalue weighted by Gasteiger charge is -2.27. The van der Waals surface area contributed by atoms with Gasteiger partial charge in [-0.25, -0.2) is 4.39 Å². The number of aliphatic carboxylic acids is 1. The zero-order valence-corrected chi connectivity index (χ0v) is 10.9. The minimum atomic E-state index is -0.974. The van der Waals surface area contributed by atoms with Gasteiger partial charge in [0.2, 0.25) is 5.91 Å². The van der Waals surface area contributed by atoms with Gasteiger partial charge in [0.25, 0.3) is 0 Å². The summed E-state index contributed by atoms with van der Waals surface area (Å²) in [5.74, 6) is -1.62. The number of carboxylic acids is 1. The molecule has 0 aromatic heterocycles. The summed E-state index contributed by atoms with van der Waals surface area (Å²) in [6, 6.07) is 5.64. The minimum Gasteiger partial charge on any atom is -0.481 e. The van der Waals surface area contributed by atoms with E-state index >= 15 is 0 Å². The van der Waals surface area contributed by atoms with Gasteiger partial charge in [-0.3, -0.25) is 9.59 Å². The van der Waals surface area contributed by atoms with Crippen molar-refractivity contribution in [3.05, 3.63) is 35.6 Å². The van der Waals surface area contributed by atoms with Crippen molar-refractivity contribution in [3.8, 4) is 0 Å². The maximum Gasteiger partial charge on any atom is 0.305 e. The van der Waals surface area contributed by atoms with Crippen LogP contribution in [0.4, 0.5) is 4.39 Å². The van der Waals surface area contributed by atoms with Crippen LogP contribution in [-0.2, 0) is 20.7 Å². The van der Waals surface area contributed by atoms with Crippen LogP contribution in [0.5, 0.6) is 0 Å². The molecular weight excluding hydrogens is 265 g/mol. The Bertz CT molecular complexity index is 494. The van der Waals surface area contributed by atoms with Crippen molar-refractivity contribution >= 4 is 11.9 Å². The lowest BCUT2D eigenvalue weighted by Crippen LogP contribution is -2.51. The Kier molecular flexibility index (Phi) is 4.34. The predicted molar refractivity (Wildman–Crippen MR) is 68.7 cm³/mol. The lowest BCUT2D eigenvalue weighted by molar-refractivity contribution is -0.139. The van der Waals surface area contributed by atoms with Crippen LogP contribution in [0.2, 0.25) is 0 Å². The van der Waals surface area contributed by atoms with Crippen molar-refractivity contribution in [1.82, 2.24) is 5.32 Å². The number of hydrogen-bond donors (Lipinski definition) is 2. The van der Waals surface area contributed by atoms with Gasteiger partial charge in [0.05, 0.1) is 25.0 Å². The Morgan fingerprint density at radius 1 is 1.35 bits per heavy atom. The number of amides is 1. The first-order chi connectivity index (χ1) is 9.49. The molecule has 1 saturated heterocycles. The number of nitrogens with one attached hydrogen (secondary N) is 1. The van der Waals surface area contributed by atoms with E-state index in [1.54, 1.807) is 0 Å². The zero-order chi connectivity index (χ0) is 14.6. The lowest BCUT2D eigenvalue weighted by atomic mass is 9.94. The molecule has 1 atom stereocenters. The monoisotopic (exact) mass is 281 g/mol. The molecule has 1 aliphatic rings. The van der Waals surface area contributed by atoms with E-state index in [1.165, 1.54) is 24.3 Å². The van der Waals surface area contributed by atoms with Crippen LogP contribution in [0.3, 0.4) is 0 Å². The Morgan fingerprint density at radius 2 is 2.05 bits per heavy atom. The van der Waals surface area contributed by atoms with Gasteiger partial charge in [0, 0.05) is 6.61 Å². The molecule has 1 unspecified atom stereocenters. The van der Waals surface area contributed by atoms with Gasteiger partial charge in [-0.1, -0.05) is 12.1 Å². The average Bonchev–Trinajstić information content (AvgIpc) is 2.79. The number of hydrogen-bond acceptors (Lipinski definition) is 3. The Labute approximate surface area is 115 Å². The first kappa shape index (κ1) is 14.5. The van der Waals surface area contributed by atoms with Gasteiger partial charge in [-0.2, -0.15) is 0 Å². The summed E-state index contributed by atoms with van der Waals surface area (Å²) in [6.07, 6.45) is 0.401. The quantitative estimate of drug-likeness (QED) is 0.848. The predicted octanol–water partition coefficient (Wildman–Crippen LogP) is 1.12. The summed E-state index contributed by atoms with van der Waals surface area (Å²) in [6.45, 7) is 0.637. The number of benzene rings is 1.